The number of rotatable bonds is 4. The van der Waals surface area contributed by atoms with E-state index in [9.17, 15) is 14.9 Å². The van der Waals surface area contributed by atoms with Crippen molar-refractivity contribution in [3.05, 3.63) is 64.2 Å². The van der Waals surface area contributed by atoms with E-state index in [0.717, 1.165) is 24.1 Å². The van der Waals surface area contributed by atoms with Crippen LogP contribution >= 0.6 is 0 Å². The van der Waals surface area contributed by atoms with Gasteiger partial charge in [0, 0.05) is 24.4 Å². The summed E-state index contributed by atoms with van der Waals surface area (Å²) in [5.41, 5.74) is 5.40. The van der Waals surface area contributed by atoms with E-state index in [1.807, 2.05) is 29.2 Å². The summed E-state index contributed by atoms with van der Waals surface area (Å²) in [6.07, 6.45) is 1.84. The maximum absolute atomic E-state index is 12.5. The molecule has 8 heteroatoms. The lowest BCUT2D eigenvalue weighted by Gasteiger charge is -2.30. The number of para-hydroxylation sites is 1. The van der Waals surface area contributed by atoms with Gasteiger partial charge in [-0.2, -0.15) is 0 Å². The fourth-order valence-corrected chi connectivity index (χ4v) is 2.94. The fraction of sp³-hybridized carbons (Fsp3) is 0.263. The molecule has 8 nitrogen and oxygen atoms in total. The average Bonchev–Trinajstić information content (AvgIpc) is 2.69. The molecule has 1 aliphatic rings. The second-order valence-corrected chi connectivity index (χ2v) is 5.96. The predicted molar refractivity (Wildman–Crippen MR) is 103 cm³/mol. The van der Waals surface area contributed by atoms with Crippen molar-refractivity contribution in [2.24, 2.45) is 5.10 Å². The summed E-state index contributed by atoms with van der Waals surface area (Å²) in [5, 5.41) is 15.0. The number of aryl methyl sites for hydroxylation is 1. The molecular weight excluding hydrogens is 348 g/mol. The van der Waals surface area contributed by atoms with E-state index in [2.05, 4.69) is 10.5 Å². The zero-order valence-electron chi connectivity index (χ0n) is 14.9. The normalized spacial score (nSPS) is 13.7. The number of hydrazone groups is 1. The Labute approximate surface area is 156 Å². The van der Waals surface area contributed by atoms with Crippen molar-refractivity contribution in [2.45, 2.75) is 19.8 Å². The molecule has 0 saturated carbocycles. The highest BCUT2D eigenvalue weighted by Crippen LogP contribution is 2.27. The van der Waals surface area contributed by atoms with E-state index in [1.54, 1.807) is 6.92 Å². The second kappa shape index (κ2) is 8.31. The third-order valence-electron chi connectivity index (χ3n) is 4.19. The van der Waals surface area contributed by atoms with Gasteiger partial charge in [-0.1, -0.05) is 18.2 Å². The van der Waals surface area contributed by atoms with Gasteiger partial charge in [-0.05, 0) is 43.5 Å². The van der Waals surface area contributed by atoms with E-state index in [4.69, 9.17) is 4.74 Å². The molecule has 0 radical (unpaired) electrons. The minimum atomic E-state index is -0.524. The molecule has 0 unspecified atom stereocenters. The smallest absolute Gasteiger partial charge is 0.376 e. The first-order valence-electron chi connectivity index (χ1n) is 8.71. The number of fused-ring (bicyclic) bond motifs is 1. The number of non-ortho nitro benzene ring substituents is 1. The van der Waals surface area contributed by atoms with Crippen LogP contribution in [0.2, 0.25) is 0 Å². The first-order chi connectivity index (χ1) is 13.1. The number of nitro benzene ring substituents is 1. The van der Waals surface area contributed by atoms with Crippen LogP contribution in [0.3, 0.4) is 0 Å². The highest BCUT2D eigenvalue weighted by molar-refractivity contribution is 6.41. The fourth-order valence-electron chi connectivity index (χ4n) is 2.94. The van der Waals surface area contributed by atoms with Crippen molar-refractivity contribution in [3.8, 4) is 0 Å². The van der Waals surface area contributed by atoms with Crippen molar-refractivity contribution in [1.82, 2.24) is 0 Å². The maximum Gasteiger partial charge on any atom is 0.376 e. The summed E-state index contributed by atoms with van der Waals surface area (Å²) < 4.78 is 5.17. The molecule has 1 N–H and O–H groups in total. The number of ether oxygens (including phenoxy) is 1. The van der Waals surface area contributed by atoms with Gasteiger partial charge in [0.25, 0.3) is 5.69 Å². The van der Waals surface area contributed by atoms with Gasteiger partial charge in [0.05, 0.1) is 17.2 Å². The lowest BCUT2D eigenvalue weighted by atomic mass is 10.0. The Morgan fingerprint density at radius 3 is 2.70 bits per heavy atom. The van der Waals surface area contributed by atoms with Gasteiger partial charge in [0.2, 0.25) is 5.84 Å². The van der Waals surface area contributed by atoms with Gasteiger partial charge < -0.3 is 9.64 Å². The third kappa shape index (κ3) is 4.22. The van der Waals surface area contributed by atoms with Crippen molar-refractivity contribution in [1.29, 1.82) is 0 Å². The number of hydrogen-bond donors (Lipinski definition) is 1. The minimum absolute atomic E-state index is 0.0138. The van der Waals surface area contributed by atoms with Crippen molar-refractivity contribution in [2.75, 3.05) is 23.5 Å². The first-order valence-corrected chi connectivity index (χ1v) is 8.71. The topological polar surface area (TPSA) is 97.1 Å². The Bertz CT molecular complexity index is 864. The number of carbonyl (C=O) groups excluding carboxylic acids is 1. The Morgan fingerprint density at radius 1 is 1.26 bits per heavy atom. The zero-order chi connectivity index (χ0) is 19.2. The molecule has 0 aliphatic carbocycles. The van der Waals surface area contributed by atoms with E-state index < -0.39 is 10.9 Å². The van der Waals surface area contributed by atoms with Crippen LogP contribution in [0.15, 0.2) is 53.6 Å². The zero-order valence-corrected chi connectivity index (χ0v) is 14.9. The molecule has 0 spiro atoms. The molecule has 3 rings (SSSR count). The van der Waals surface area contributed by atoms with E-state index in [0.29, 0.717) is 12.2 Å². The van der Waals surface area contributed by atoms with Crippen molar-refractivity contribution >= 4 is 28.9 Å². The van der Waals surface area contributed by atoms with Crippen molar-refractivity contribution < 1.29 is 14.5 Å². The molecule has 0 aromatic heterocycles. The van der Waals surface area contributed by atoms with Crippen molar-refractivity contribution in [3.63, 3.8) is 0 Å². The molecule has 0 fully saturated rings. The van der Waals surface area contributed by atoms with Gasteiger partial charge in [-0.3, -0.25) is 15.5 Å². The van der Waals surface area contributed by atoms with Gasteiger partial charge in [0.1, 0.15) is 0 Å². The van der Waals surface area contributed by atoms with Crippen LogP contribution in [0.1, 0.15) is 18.9 Å². The maximum atomic E-state index is 12.5. The highest BCUT2D eigenvalue weighted by atomic mass is 16.6. The molecule has 0 saturated heterocycles. The molecule has 0 atom stereocenters. The summed E-state index contributed by atoms with van der Waals surface area (Å²) in [5.74, 6) is -0.369. The van der Waals surface area contributed by atoms with Crippen LogP contribution in [0, 0.1) is 10.1 Å². The van der Waals surface area contributed by atoms with Crippen LogP contribution in [0.4, 0.5) is 17.1 Å². The summed E-state index contributed by atoms with van der Waals surface area (Å²) in [6, 6.07) is 13.7. The summed E-state index contributed by atoms with van der Waals surface area (Å²) in [7, 11) is 0. The number of benzene rings is 2. The molecule has 0 bridgehead atoms. The molecule has 1 aliphatic heterocycles. The predicted octanol–water partition coefficient (Wildman–Crippen LogP) is 3.34. The largest absolute Gasteiger partial charge is 0.460 e. The lowest BCUT2D eigenvalue weighted by Crippen LogP contribution is -2.41. The Morgan fingerprint density at radius 2 is 2.00 bits per heavy atom. The first kappa shape index (κ1) is 18.4. The SMILES string of the molecule is CCOC(=O)/C(=N\Nc1ccc([N+](=O)[O-])cc1)N1CCCc2ccccc21. The number of anilines is 2. The second-order valence-electron chi connectivity index (χ2n) is 5.96. The van der Waals surface area contributed by atoms with Gasteiger partial charge in [-0.25, -0.2) is 4.79 Å². The monoisotopic (exact) mass is 368 g/mol. The summed E-state index contributed by atoms with van der Waals surface area (Å²) >= 11 is 0. The van der Waals surface area contributed by atoms with E-state index >= 15 is 0 Å². The summed E-state index contributed by atoms with van der Waals surface area (Å²) in [6.45, 7) is 2.63. The van der Waals surface area contributed by atoms with Gasteiger partial charge >= 0.3 is 5.97 Å². The van der Waals surface area contributed by atoms with Crippen LogP contribution in [-0.2, 0) is 16.0 Å². The number of hydrogen-bond acceptors (Lipinski definition) is 6. The number of nitrogens with zero attached hydrogens (tertiary/aromatic N) is 3. The van der Waals surface area contributed by atoms with Crippen LogP contribution < -0.4 is 10.3 Å². The summed E-state index contributed by atoms with van der Waals surface area (Å²) in [4.78, 5) is 24.6. The van der Waals surface area contributed by atoms with Crippen LogP contribution in [0.5, 0.6) is 0 Å². The number of nitro groups is 1. The van der Waals surface area contributed by atoms with Gasteiger partial charge in [-0.15, -0.1) is 5.10 Å². The molecule has 27 heavy (non-hydrogen) atoms. The molecule has 140 valence electrons. The Balaban J connectivity index is 1.89. The molecule has 2 aromatic carbocycles. The minimum Gasteiger partial charge on any atom is -0.460 e. The standard InChI is InChI=1S/C19H20N4O4/c1-2-27-19(24)18(21-20-15-9-11-16(12-10-15)23(25)26)22-13-5-7-14-6-3-4-8-17(14)22/h3-4,6,8-12,20H,2,5,7,13H2,1H3/b21-18+. The number of nitrogens with one attached hydrogen (secondary N) is 1. The van der Waals surface area contributed by atoms with Gasteiger partial charge in [0.15, 0.2) is 0 Å². The van der Waals surface area contributed by atoms with E-state index in [1.165, 1.54) is 24.3 Å². The molecule has 2 aromatic rings. The number of carbonyl (C=O) groups is 1. The van der Waals surface area contributed by atoms with Crippen LogP contribution in [0.25, 0.3) is 0 Å². The highest BCUT2D eigenvalue weighted by Gasteiger charge is 2.26. The average molecular weight is 368 g/mol. The molecule has 0 amide bonds. The lowest BCUT2D eigenvalue weighted by molar-refractivity contribution is -0.384. The Kier molecular flexibility index (Phi) is 5.65. The molecular formula is C19H20N4O4. The van der Waals surface area contributed by atoms with E-state index in [-0.39, 0.29) is 18.1 Å². The number of amidine groups is 1. The number of esters is 1. The third-order valence-corrected chi connectivity index (χ3v) is 4.19. The van der Waals surface area contributed by atoms with Crippen LogP contribution in [-0.4, -0.2) is 29.9 Å². The quantitative estimate of drug-likeness (QED) is 0.292. The molecule has 1 heterocycles. The Hall–Kier alpha value is -3.42.